The molecule has 0 saturated heterocycles. The molecule has 0 radical (unpaired) electrons. The Labute approximate surface area is 152 Å². The zero-order valence-electron chi connectivity index (χ0n) is 13.8. The van der Waals surface area contributed by atoms with Gasteiger partial charge in [0.05, 0.1) is 18.6 Å². The van der Waals surface area contributed by atoms with Crippen molar-refractivity contribution in [1.29, 1.82) is 0 Å². The molecule has 2 aromatic rings. The summed E-state index contributed by atoms with van der Waals surface area (Å²) >= 11 is 0. The average Bonchev–Trinajstić information content (AvgIpc) is 2.61. The van der Waals surface area contributed by atoms with Gasteiger partial charge >= 0.3 is 6.18 Å². The van der Waals surface area contributed by atoms with Crippen molar-refractivity contribution in [3.05, 3.63) is 64.2 Å². The minimum atomic E-state index is -4.77. The number of nitro benzene ring substituents is 1. The van der Waals surface area contributed by atoms with Gasteiger partial charge in [-0.3, -0.25) is 14.3 Å². The first kappa shape index (κ1) is 20.6. The van der Waals surface area contributed by atoms with Gasteiger partial charge in [0.15, 0.2) is 0 Å². The van der Waals surface area contributed by atoms with E-state index in [1.54, 1.807) is 0 Å². The number of nitro groups is 1. The number of hydrogen-bond donors (Lipinski definition) is 0. The Hall–Kier alpha value is -2.66. The summed E-state index contributed by atoms with van der Waals surface area (Å²) in [7, 11) is -3.27. The number of halogens is 3. The molecular formula is C16H14F3NO6S. The molecule has 0 aliphatic rings. The van der Waals surface area contributed by atoms with E-state index in [0.717, 1.165) is 30.3 Å². The maximum absolute atomic E-state index is 13.3. The molecule has 0 heterocycles. The van der Waals surface area contributed by atoms with Crippen LogP contribution in [0.1, 0.15) is 11.5 Å². The van der Waals surface area contributed by atoms with Crippen LogP contribution in [0, 0.1) is 10.1 Å². The Morgan fingerprint density at radius 3 is 2.30 bits per heavy atom. The molecule has 7 nitrogen and oxygen atoms in total. The molecule has 146 valence electrons. The van der Waals surface area contributed by atoms with Crippen molar-refractivity contribution in [1.82, 2.24) is 0 Å². The highest BCUT2D eigenvalue weighted by atomic mass is 32.2. The van der Waals surface area contributed by atoms with E-state index in [-0.39, 0.29) is 5.56 Å². The van der Waals surface area contributed by atoms with E-state index in [1.165, 1.54) is 19.2 Å². The van der Waals surface area contributed by atoms with Gasteiger partial charge in [-0.1, -0.05) is 18.2 Å². The van der Waals surface area contributed by atoms with Crippen molar-refractivity contribution in [2.45, 2.75) is 17.0 Å². The van der Waals surface area contributed by atoms with E-state index in [0.29, 0.717) is 11.8 Å². The molecule has 11 heteroatoms. The molecule has 0 amide bonds. The zero-order valence-corrected chi connectivity index (χ0v) is 14.7. The lowest BCUT2D eigenvalue weighted by Crippen LogP contribution is -2.26. The number of rotatable bonds is 7. The quantitative estimate of drug-likeness (QED) is 0.396. The van der Waals surface area contributed by atoms with Gasteiger partial charge in [-0.2, -0.15) is 21.6 Å². The lowest BCUT2D eigenvalue weighted by molar-refractivity contribution is -0.385. The second kappa shape index (κ2) is 7.92. The first-order valence-corrected chi connectivity index (χ1v) is 8.80. The molecule has 2 rings (SSSR count). The van der Waals surface area contributed by atoms with E-state index in [9.17, 15) is 31.7 Å². The van der Waals surface area contributed by atoms with Crippen LogP contribution in [-0.2, 0) is 14.3 Å². The van der Waals surface area contributed by atoms with Crippen LogP contribution in [0.3, 0.4) is 0 Å². The van der Waals surface area contributed by atoms with Crippen LogP contribution in [0.25, 0.3) is 0 Å². The molecule has 0 aliphatic carbocycles. The van der Waals surface area contributed by atoms with E-state index in [4.69, 9.17) is 4.74 Å². The maximum atomic E-state index is 13.3. The summed E-state index contributed by atoms with van der Waals surface area (Å²) in [6.45, 7) is -1.21. The summed E-state index contributed by atoms with van der Waals surface area (Å²) in [5, 5.41) is 10.7. The largest absolute Gasteiger partial charge is 0.497 e. The molecule has 0 N–H and O–H groups in total. The van der Waals surface area contributed by atoms with Gasteiger partial charge in [-0.05, 0) is 23.8 Å². The Bertz CT molecular complexity index is 912. The molecule has 2 aromatic carbocycles. The van der Waals surface area contributed by atoms with Crippen LogP contribution in [0.2, 0.25) is 0 Å². The monoisotopic (exact) mass is 405 g/mol. The second-order valence-corrected chi connectivity index (χ2v) is 6.98. The Morgan fingerprint density at radius 2 is 1.78 bits per heavy atom. The maximum Gasteiger partial charge on any atom is 0.398 e. The SMILES string of the molecule is COc1ccc(C(COS(=O)(=O)c2cccc([N+](=O)[O-])c2)C(F)(F)F)cc1. The van der Waals surface area contributed by atoms with Crippen LogP contribution in [-0.4, -0.2) is 33.2 Å². The third kappa shape index (κ3) is 5.17. The van der Waals surface area contributed by atoms with Crippen LogP contribution in [0.5, 0.6) is 5.75 Å². The van der Waals surface area contributed by atoms with Gasteiger partial charge in [-0.25, -0.2) is 0 Å². The predicted octanol–water partition coefficient (Wildman–Crippen LogP) is 3.65. The first-order chi connectivity index (χ1) is 12.5. The fourth-order valence-electron chi connectivity index (χ4n) is 2.19. The van der Waals surface area contributed by atoms with Crippen molar-refractivity contribution >= 4 is 15.8 Å². The van der Waals surface area contributed by atoms with Crippen molar-refractivity contribution in [3.63, 3.8) is 0 Å². The standard InChI is InChI=1S/C16H14F3NO6S/c1-25-13-7-5-11(6-8-13)15(16(17,18)19)10-26-27(23,24)14-4-2-3-12(9-14)20(21)22/h2-9,15H,10H2,1H3. The summed E-state index contributed by atoms with van der Waals surface area (Å²) in [4.78, 5) is 9.30. The highest BCUT2D eigenvalue weighted by Gasteiger charge is 2.42. The third-order valence-corrected chi connectivity index (χ3v) is 4.90. The molecule has 1 atom stereocenters. The number of nitrogens with zero attached hydrogens (tertiary/aromatic N) is 1. The number of hydrogen-bond acceptors (Lipinski definition) is 6. The smallest absolute Gasteiger partial charge is 0.398 e. The van der Waals surface area contributed by atoms with E-state index in [2.05, 4.69) is 4.18 Å². The normalized spacial score (nSPS) is 13.2. The lowest BCUT2D eigenvalue weighted by atomic mass is 9.99. The van der Waals surface area contributed by atoms with Crippen molar-refractivity contribution in [2.24, 2.45) is 0 Å². The first-order valence-electron chi connectivity index (χ1n) is 7.39. The average molecular weight is 405 g/mol. The summed E-state index contributed by atoms with van der Waals surface area (Å²) in [6, 6.07) is 8.78. The van der Waals surface area contributed by atoms with E-state index >= 15 is 0 Å². The molecule has 27 heavy (non-hydrogen) atoms. The molecule has 0 bridgehead atoms. The number of methoxy groups -OCH3 is 1. The zero-order chi connectivity index (χ0) is 20.2. The topological polar surface area (TPSA) is 95.7 Å². The Morgan fingerprint density at radius 1 is 1.15 bits per heavy atom. The summed E-state index contributed by atoms with van der Waals surface area (Å²) < 4.78 is 73.7. The summed E-state index contributed by atoms with van der Waals surface area (Å²) in [5.41, 5.74) is -0.736. The molecule has 0 spiro atoms. The fourth-order valence-corrected chi connectivity index (χ4v) is 3.16. The molecular weight excluding hydrogens is 391 g/mol. The van der Waals surface area contributed by atoms with Crippen LogP contribution < -0.4 is 4.74 Å². The van der Waals surface area contributed by atoms with Gasteiger partial charge in [0.2, 0.25) is 0 Å². The summed E-state index contributed by atoms with van der Waals surface area (Å²) in [5.74, 6) is -1.87. The molecule has 0 aliphatic heterocycles. The van der Waals surface area contributed by atoms with Gasteiger partial charge in [0, 0.05) is 12.1 Å². The molecule has 0 saturated carbocycles. The number of alkyl halides is 3. The van der Waals surface area contributed by atoms with Gasteiger partial charge < -0.3 is 4.74 Å². The van der Waals surface area contributed by atoms with Crippen molar-refractivity contribution in [3.8, 4) is 5.75 Å². The molecule has 0 fully saturated rings. The van der Waals surface area contributed by atoms with E-state index in [1.807, 2.05) is 0 Å². The van der Waals surface area contributed by atoms with Crippen molar-refractivity contribution < 1.29 is 35.4 Å². The van der Waals surface area contributed by atoms with Gasteiger partial charge in [0.25, 0.3) is 15.8 Å². The van der Waals surface area contributed by atoms with Crippen LogP contribution >= 0.6 is 0 Å². The number of non-ortho nitro benzene ring substituents is 1. The predicted molar refractivity (Wildman–Crippen MR) is 88.0 cm³/mol. The summed E-state index contributed by atoms with van der Waals surface area (Å²) in [6.07, 6.45) is -4.77. The number of ether oxygens (including phenoxy) is 1. The third-order valence-electron chi connectivity index (χ3n) is 3.62. The van der Waals surface area contributed by atoms with Crippen LogP contribution in [0.15, 0.2) is 53.4 Å². The Balaban J connectivity index is 2.25. The highest BCUT2D eigenvalue weighted by molar-refractivity contribution is 7.86. The van der Waals surface area contributed by atoms with Crippen LogP contribution in [0.4, 0.5) is 18.9 Å². The molecule has 0 aromatic heterocycles. The minimum absolute atomic E-state index is 0.211. The van der Waals surface area contributed by atoms with E-state index < -0.39 is 44.3 Å². The van der Waals surface area contributed by atoms with Gasteiger partial charge in [0.1, 0.15) is 16.6 Å². The minimum Gasteiger partial charge on any atom is -0.497 e. The van der Waals surface area contributed by atoms with Crippen molar-refractivity contribution in [2.75, 3.05) is 13.7 Å². The lowest BCUT2D eigenvalue weighted by Gasteiger charge is -2.20. The fraction of sp³-hybridized carbons (Fsp3) is 0.250. The molecule has 1 unspecified atom stereocenters. The Kier molecular flexibility index (Phi) is 6.06. The second-order valence-electron chi connectivity index (χ2n) is 5.36. The van der Waals surface area contributed by atoms with Gasteiger partial charge in [-0.15, -0.1) is 0 Å². The highest BCUT2D eigenvalue weighted by Crippen LogP contribution is 2.36. The number of benzene rings is 2.